The van der Waals surface area contributed by atoms with Crippen LogP contribution < -0.4 is 0 Å². The lowest BCUT2D eigenvalue weighted by atomic mass is 10.2. The van der Waals surface area contributed by atoms with Crippen molar-refractivity contribution in [2.24, 2.45) is 0 Å². The molecule has 0 bridgehead atoms. The molecule has 2 aromatic rings. The Balaban J connectivity index is 1.46. The second kappa shape index (κ2) is 7.79. The third-order valence-electron chi connectivity index (χ3n) is 5.29. The molecule has 2 aliphatic rings. The molecule has 0 aromatic carbocycles. The van der Waals surface area contributed by atoms with E-state index >= 15 is 0 Å². The smallest absolute Gasteiger partial charge is 0.235 e. The third-order valence-corrected chi connectivity index (χ3v) is 8.96. The van der Waals surface area contributed by atoms with Crippen LogP contribution in [0.3, 0.4) is 0 Å². The fraction of sp³-hybridized carbons (Fsp3) is 0.611. The van der Waals surface area contributed by atoms with E-state index in [1.807, 2.05) is 13.0 Å². The topological polar surface area (TPSA) is 85.2 Å². The van der Waals surface area contributed by atoms with Gasteiger partial charge in [0.2, 0.25) is 5.91 Å². The zero-order valence-corrected chi connectivity index (χ0v) is 18.4. The molecular formula is C18H24N4O3S3. The Hall–Kier alpha value is -1.39. The SMILES string of the molecule is C[C@@H](Sc1nnc(Cc2cccs2)n1C1CC1)C(=O)N(C)[C@@H]1CCS(=O)(=O)C1. The standard InChI is InChI=1S/C18H24N4O3S3/c1-12(17(23)21(2)14-7-9-28(24,25)11-14)27-18-20-19-16(22(18)13-5-6-13)10-15-4-3-8-26-15/h3-4,8,12-14H,5-7,9-11H2,1-2H3/t12-,14-/m1/s1. The van der Waals surface area contributed by atoms with Crippen LogP contribution in [0.4, 0.5) is 0 Å². The molecule has 10 heteroatoms. The van der Waals surface area contributed by atoms with Crippen molar-refractivity contribution < 1.29 is 13.2 Å². The molecule has 1 amide bonds. The molecule has 0 radical (unpaired) electrons. The zero-order chi connectivity index (χ0) is 19.9. The van der Waals surface area contributed by atoms with E-state index < -0.39 is 9.84 Å². The van der Waals surface area contributed by atoms with Gasteiger partial charge in [-0.3, -0.25) is 4.79 Å². The minimum atomic E-state index is -3.02. The van der Waals surface area contributed by atoms with Gasteiger partial charge in [0.15, 0.2) is 15.0 Å². The minimum absolute atomic E-state index is 0.0581. The number of carbonyl (C=O) groups excluding carboxylic acids is 1. The predicted octanol–water partition coefficient (Wildman–Crippen LogP) is 2.39. The number of thiophene rings is 1. The van der Waals surface area contributed by atoms with Crippen molar-refractivity contribution in [3.63, 3.8) is 0 Å². The van der Waals surface area contributed by atoms with Gasteiger partial charge in [0.25, 0.3) is 0 Å². The van der Waals surface area contributed by atoms with Crippen molar-refractivity contribution >= 4 is 38.8 Å². The summed E-state index contributed by atoms with van der Waals surface area (Å²) >= 11 is 3.13. The van der Waals surface area contributed by atoms with Gasteiger partial charge in [-0.15, -0.1) is 21.5 Å². The van der Waals surface area contributed by atoms with Crippen molar-refractivity contribution in [2.75, 3.05) is 18.6 Å². The summed E-state index contributed by atoms with van der Waals surface area (Å²) in [5, 5.41) is 11.3. The quantitative estimate of drug-likeness (QED) is 0.615. The summed E-state index contributed by atoms with van der Waals surface area (Å²) in [7, 11) is -1.31. The van der Waals surface area contributed by atoms with Crippen LogP contribution in [0.1, 0.15) is 42.9 Å². The Morgan fingerprint density at radius 3 is 2.79 bits per heavy atom. The first-order chi connectivity index (χ1) is 13.3. The third kappa shape index (κ3) is 4.28. The van der Waals surface area contributed by atoms with Crippen LogP contribution in [-0.4, -0.2) is 63.8 Å². The van der Waals surface area contributed by atoms with E-state index in [0.717, 1.165) is 30.2 Å². The Labute approximate surface area is 173 Å². The Kier molecular flexibility index (Phi) is 5.54. The molecule has 1 saturated heterocycles. The molecule has 152 valence electrons. The van der Waals surface area contributed by atoms with Crippen molar-refractivity contribution in [1.82, 2.24) is 19.7 Å². The first-order valence-electron chi connectivity index (χ1n) is 9.44. The van der Waals surface area contributed by atoms with Crippen LogP contribution in [-0.2, 0) is 21.1 Å². The first-order valence-corrected chi connectivity index (χ1v) is 13.0. The highest BCUT2D eigenvalue weighted by atomic mass is 32.2. The highest BCUT2D eigenvalue weighted by Gasteiger charge is 2.35. The van der Waals surface area contributed by atoms with E-state index in [2.05, 4.69) is 26.2 Å². The van der Waals surface area contributed by atoms with Gasteiger partial charge < -0.3 is 9.47 Å². The van der Waals surface area contributed by atoms with Gasteiger partial charge in [-0.05, 0) is 37.6 Å². The molecule has 0 spiro atoms. The van der Waals surface area contributed by atoms with Crippen molar-refractivity contribution in [1.29, 1.82) is 0 Å². The lowest BCUT2D eigenvalue weighted by molar-refractivity contribution is -0.130. The van der Waals surface area contributed by atoms with E-state index in [4.69, 9.17) is 0 Å². The number of amides is 1. The van der Waals surface area contributed by atoms with Gasteiger partial charge in [-0.2, -0.15) is 0 Å². The number of rotatable bonds is 7. The summed E-state index contributed by atoms with van der Waals surface area (Å²) in [5.74, 6) is 1.12. The lowest BCUT2D eigenvalue weighted by Crippen LogP contribution is -2.41. The molecule has 0 unspecified atom stereocenters. The minimum Gasteiger partial charge on any atom is -0.341 e. The molecule has 2 atom stereocenters. The first kappa shape index (κ1) is 19.9. The molecule has 1 saturated carbocycles. The fourth-order valence-corrected chi connectivity index (χ4v) is 7.05. The van der Waals surface area contributed by atoms with Crippen LogP contribution in [0.25, 0.3) is 0 Å². The summed E-state index contributed by atoms with van der Waals surface area (Å²) in [6.07, 6.45) is 3.51. The summed E-state index contributed by atoms with van der Waals surface area (Å²) in [6, 6.07) is 4.33. The molecule has 7 nitrogen and oxygen atoms in total. The molecule has 4 rings (SSSR count). The normalized spacial score (nSPS) is 22.3. The summed E-state index contributed by atoms with van der Waals surface area (Å²) in [6.45, 7) is 1.86. The molecule has 1 aliphatic carbocycles. The van der Waals surface area contributed by atoms with Crippen molar-refractivity contribution in [3.05, 3.63) is 28.2 Å². The monoisotopic (exact) mass is 440 g/mol. The van der Waals surface area contributed by atoms with Crippen LogP contribution in [0.15, 0.2) is 22.7 Å². The van der Waals surface area contributed by atoms with Crippen molar-refractivity contribution in [3.8, 4) is 0 Å². The van der Waals surface area contributed by atoms with Gasteiger partial charge >= 0.3 is 0 Å². The molecular weight excluding hydrogens is 416 g/mol. The van der Waals surface area contributed by atoms with Crippen LogP contribution in [0.5, 0.6) is 0 Å². The van der Waals surface area contributed by atoms with E-state index in [9.17, 15) is 13.2 Å². The Morgan fingerprint density at radius 2 is 2.18 bits per heavy atom. The summed E-state index contributed by atoms with van der Waals surface area (Å²) < 4.78 is 25.6. The number of hydrogen-bond acceptors (Lipinski definition) is 7. The van der Waals surface area contributed by atoms with E-state index in [-0.39, 0.29) is 28.7 Å². The van der Waals surface area contributed by atoms with E-state index in [1.165, 1.54) is 16.6 Å². The van der Waals surface area contributed by atoms with Gasteiger partial charge in [0.05, 0.1) is 16.8 Å². The number of carbonyl (C=O) groups is 1. The van der Waals surface area contributed by atoms with Gasteiger partial charge in [0, 0.05) is 30.4 Å². The lowest BCUT2D eigenvalue weighted by Gasteiger charge is -2.26. The largest absolute Gasteiger partial charge is 0.341 e. The van der Waals surface area contributed by atoms with Crippen LogP contribution in [0.2, 0.25) is 0 Å². The van der Waals surface area contributed by atoms with Gasteiger partial charge in [-0.25, -0.2) is 8.42 Å². The number of nitrogens with zero attached hydrogens (tertiary/aromatic N) is 4. The summed E-state index contributed by atoms with van der Waals surface area (Å²) in [4.78, 5) is 15.7. The molecule has 1 aliphatic heterocycles. The molecule has 0 N–H and O–H groups in total. The highest BCUT2D eigenvalue weighted by Crippen LogP contribution is 2.40. The maximum absolute atomic E-state index is 12.9. The van der Waals surface area contributed by atoms with Crippen LogP contribution in [0, 0.1) is 0 Å². The highest BCUT2D eigenvalue weighted by molar-refractivity contribution is 8.00. The second-order valence-corrected chi connectivity index (χ2v) is 12.1. The Bertz CT molecular complexity index is 951. The number of sulfone groups is 1. The zero-order valence-electron chi connectivity index (χ0n) is 15.9. The average molecular weight is 441 g/mol. The van der Waals surface area contributed by atoms with Crippen molar-refractivity contribution in [2.45, 2.75) is 55.1 Å². The number of thioether (sulfide) groups is 1. The van der Waals surface area contributed by atoms with E-state index in [0.29, 0.717) is 12.5 Å². The fourth-order valence-electron chi connectivity index (χ4n) is 3.53. The Morgan fingerprint density at radius 1 is 1.39 bits per heavy atom. The van der Waals surface area contributed by atoms with Gasteiger partial charge in [-0.1, -0.05) is 17.8 Å². The average Bonchev–Trinajstić information content (AvgIpc) is 3.03. The summed E-state index contributed by atoms with van der Waals surface area (Å²) in [5.41, 5.74) is 0. The second-order valence-electron chi connectivity index (χ2n) is 7.52. The molecule has 2 fully saturated rings. The molecule has 3 heterocycles. The number of aromatic nitrogens is 3. The van der Waals surface area contributed by atoms with E-state index in [1.54, 1.807) is 23.3 Å². The molecule has 28 heavy (non-hydrogen) atoms. The maximum atomic E-state index is 12.9. The number of hydrogen-bond donors (Lipinski definition) is 0. The maximum Gasteiger partial charge on any atom is 0.235 e. The van der Waals surface area contributed by atoms with Crippen LogP contribution >= 0.6 is 23.1 Å². The predicted molar refractivity (Wildman–Crippen MR) is 111 cm³/mol. The van der Waals surface area contributed by atoms with Gasteiger partial charge in [0.1, 0.15) is 5.82 Å². The molecule has 2 aromatic heterocycles.